The first-order chi connectivity index (χ1) is 6.18. The average Bonchev–Trinajstić information content (AvgIpc) is 2.27. The van der Waals surface area contributed by atoms with Gasteiger partial charge in [-0.05, 0) is 12.8 Å². The molecule has 1 saturated heterocycles. The predicted molar refractivity (Wildman–Crippen MR) is 51.4 cm³/mol. The third kappa shape index (κ3) is 2.15. The summed E-state index contributed by atoms with van der Waals surface area (Å²) < 4.78 is 26.3. The van der Waals surface area contributed by atoms with Crippen molar-refractivity contribution >= 4 is 11.8 Å². The summed E-state index contributed by atoms with van der Waals surface area (Å²) in [7, 11) is 0. The number of thioether (sulfide) groups is 1. The van der Waals surface area contributed by atoms with Gasteiger partial charge in [-0.25, -0.2) is 8.78 Å². The predicted octanol–water partition coefficient (Wildman–Crippen LogP) is 2.13. The van der Waals surface area contributed by atoms with Crippen LogP contribution in [0.1, 0.15) is 19.3 Å². The molecule has 76 valence electrons. The van der Waals surface area contributed by atoms with E-state index in [1.165, 1.54) is 0 Å². The van der Waals surface area contributed by atoms with Gasteiger partial charge in [-0.2, -0.15) is 11.8 Å². The van der Waals surface area contributed by atoms with Crippen LogP contribution in [-0.2, 0) is 0 Å². The molecule has 4 heteroatoms. The van der Waals surface area contributed by atoms with Crippen LogP contribution in [0.25, 0.3) is 0 Å². The molecule has 1 atom stereocenters. The Hall–Kier alpha value is 0.170. The minimum Gasteiger partial charge on any atom is -0.312 e. The summed E-state index contributed by atoms with van der Waals surface area (Å²) in [5, 5.41) is 3.22. The summed E-state index contributed by atoms with van der Waals surface area (Å²) in [6, 6.07) is 0.501. The van der Waals surface area contributed by atoms with Gasteiger partial charge >= 0.3 is 0 Å². The molecular weight excluding hydrogens is 192 g/mol. The van der Waals surface area contributed by atoms with Gasteiger partial charge in [0.1, 0.15) is 0 Å². The van der Waals surface area contributed by atoms with Crippen molar-refractivity contribution in [1.29, 1.82) is 0 Å². The fraction of sp³-hybridized carbons (Fsp3) is 1.00. The van der Waals surface area contributed by atoms with Crippen molar-refractivity contribution in [3.63, 3.8) is 0 Å². The summed E-state index contributed by atoms with van der Waals surface area (Å²) in [5.74, 6) is -0.612. The van der Waals surface area contributed by atoms with Gasteiger partial charge in [-0.1, -0.05) is 0 Å². The number of alkyl halides is 2. The quantitative estimate of drug-likeness (QED) is 0.761. The van der Waals surface area contributed by atoms with Crippen LogP contribution in [0.3, 0.4) is 0 Å². The Bertz CT molecular complexity index is 182. The van der Waals surface area contributed by atoms with Gasteiger partial charge in [0.15, 0.2) is 0 Å². The van der Waals surface area contributed by atoms with E-state index in [4.69, 9.17) is 0 Å². The zero-order valence-corrected chi connectivity index (χ0v) is 8.38. The Balaban J connectivity index is 1.73. The fourth-order valence-electron chi connectivity index (χ4n) is 1.91. The van der Waals surface area contributed by atoms with Gasteiger partial charge < -0.3 is 5.32 Å². The van der Waals surface area contributed by atoms with Crippen LogP contribution in [0.4, 0.5) is 8.78 Å². The highest BCUT2D eigenvalue weighted by atomic mass is 32.2. The van der Waals surface area contributed by atoms with E-state index in [1.54, 1.807) is 0 Å². The summed E-state index contributed by atoms with van der Waals surface area (Å²) in [6.07, 6.45) is 1.48. The number of nitrogens with one attached hydrogen (secondary N) is 1. The molecule has 1 nitrogen and oxygen atoms in total. The summed E-state index contributed by atoms with van der Waals surface area (Å²) >= 11 is 1.88. The third-order valence-corrected chi connectivity index (χ3v) is 4.23. The molecule has 1 aliphatic heterocycles. The molecule has 13 heavy (non-hydrogen) atoms. The molecule has 0 radical (unpaired) electrons. The van der Waals surface area contributed by atoms with Gasteiger partial charge in [-0.3, -0.25) is 0 Å². The maximum Gasteiger partial charge on any atom is 0.252 e. The molecule has 1 unspecified atom stereocenters. The second kappa shape index (κ2) is 3.73. The van der Waals surface area contributed by atoms with E-state index >= 15 is 0 Å². The largest absolute Gasteiger partial charge is 0.312 e. The Labute approximate surface area is 81.7 Å². The lowest BCUT2D eigenvalue weighted by Gasteiger charge is -2.28. The Kier molecular flexibility index (Phi) is 2.79. The highest BCUT2D eigenvalue weighted by Crippen LogP contribution is 2.39. The molecule has 0 aromatic heterocycles. The minimum atomic E-state index is -2.40. The summed E-state index contributed by atoms with van der Waals surface area (Å²) in [4.78, 5) is 0. The molecule has 0 aromatic rings. The van der Waals surface area contributed by atoms with Crippen LogP contribution in [0, 0.1) is 5.92 Å². The van der Waals surface area contributed by atoms with E-state index in [2.05, 4.69) is 5.32 Å². The molecule has 1 aliphatic carbocycles. The normalized spacial score (nSPS) is 33.2. The van der Waals surface area contributed by atoms with Crippen LogP contribution in [0.5, 0.6) is 0 Å². The maximum atomic E-state index is 13.1. The number of halogens is 2. The van der Waals surface area contributed by atoms with Crippen molar-refractivity contribution < 1.29 is 8.78 Å². The van der Waals surface area contributed by atoms with Crippen LogP contribution < -0.4 is 5.32 Å². The molecular formula is C9H15F2NS. The zero-order chi connectivity index (χ0) is 9.31. The minimum absolute atomic E-state index is 0.0960. The highest BCUT2D eigenvalue weighted by Gasteiger charge is 2.43. The zero-order valence-electron chi connectivity index (χ0n) is 7.56. The molecule has 1 N–H and O–H groups in total. The smallest absolute Gasteiger partial charge is 0.252 e. The van der Waals surface area contributed by atoms with Crippen molar-refractivity contribution in [3.05, 3.63) is 0 Å². The van der Waals surface area contributed by atoms with Crippen molar-refractivity contribution in [1.82, 2.24) is 5.32 Å². The second-order valence-corrected chi connectivity index (χ2v) is 5.07. The Morgan fingerprint density at radius 3 is 2.62 bits per heavy atom. The maximum absolute atomic E-state index is 13.1. The first-order valence-electron chi connectivity index (χ1n) is 4.87. The number of hydrogen-bond donors (Lipinski definition) is 1. The van der Waals surface area contributed by atoms with Gasteiger partial charge in [0.25, 0.3) is 5.92 Å². The van der Waals surface area contributed by atoms with Crippen molar-refractivity contribution in [3.8, 4) is 0 Å². The molecule has 0 aromatic carbocycles. The Morgan fingerprint density at radius 1 is 1.38 bits per heavy atom. The molecule has 2 rings (SSSR count). The molecule has 2 aliphatic rings. The summed E-state index contributed by atoms with van der Waals surface area (Å²) in [5.41, 5.74) is 0. The summed E-state index contributed by atoms with van der Waals surface area (Å²) in [6.45, 7) is 0.512. The molecule has 0 bridgehead atoms. The fourth-order valence-corrected chi connectivity index (χ4v) is 2.62. The van der Waals surface area contributed by atoms with Gasteiger partial charge in [-0.15, -0.1) is 0 Å². The van der Waals surface area contributed by atoms with Crippen molar-refractivity contribution in [2.24, 2.45) is 5.92 Å². The number of rotatable bonds is 3. The van der Waals surface area contributed by atoms with Gasteiger partial charge in [0, 0.05) is 36.4 Å². The molecule has 2 fully saturated rings. The van der Waals surface area contributed by atoms with Crippen LogP contribution in [0.2, 0.25) is 0 Å². The van der Waals surface area contributed by atoms with Crippen molar-refractivity contribution in [2.75, 3.05) is 18.1 Å². The number of hydrogen-bond acceptors (Lipinski definition) is 2. The average molecular weight is 207 g/mol. The standard InChI is InChI=1S/C9H15F2NS/c10-9(11)3-1-2-7(9)4-12-8-5-13-6-8/h7-8,12H,1-6H2. The van der Waals surface area contributed by atoms with E-state index in [9.17, 15) is 8.78 Å². The second-order valence-electron chi connectivity index (χ2n) is 3.99. The highest BCUT2D eigenvalue weighted by molar-refractivity contribution is 8.00. The monoisotopic (exact) mass is 207 g/mol. The lowest BCUT2D eigenvalue weighted by molar-refractivity contribution is -0.0363. The van der Waals surface area contributed by atoms with E-state index in [-0.39, 0.29) is 6.42 Å². The van der Waals surface area contributed by atoms with E-state index < -0.39 is 11.8 Å². The third-order valence-electron chi connectivity index (χ3n) is 2.95. The first-order valence-corrected chi connectivity index (χ1v) is 6.03. The van der Waals surface area contributed by atoms with Gasteiger partial charge in [0.05, 0.1) is 0 Å². The van der Waals surface area contributed by atoms with E-state index in [0.717, 1.165) is 11.5 Å². The van der Waals surface area contributed by atoms with Crippen LogP contribution in [0.15, 0.2) is 0 Å². The SMILES string of the molecule is FC1(F)CCCC1CNC1CSC1. The van der Waals surface area contributed by atoms with Crippen LogP contribution >= 0.6 is 11.8 Å². The molecule has 0 spiro atoms. The first kappa shape index (κ1) is 9.71. The molecule has 1 saturated carbocycles. The molecule has 1 heterocycles. The van der Waals surface area contributed by atoms with Gasteiger partial charge in [0.2, 0.25) is 0 Å². The van der Waals surface area contributed by atoms with Crippen LogP contribution in [-0.4, -0.2) is 30.0 Å². The van der Waals surface area contributed by atoms with E-state index in [0.29, 0.717) is 25.4 Å². The van der Waals surface area contributed by atoms with E-state index in [1.807, 2.05) is 11.8 Å². The topological polar surface area (TPSA) is 12.0 Å². The molecule has 0 amide bonds. The van der Waals surface area contributed by atoms with Crippen molar-refractivity contribution in [2.45, 2.75) is 31.2 Å². The Morgan fingerprint density at radius 2 is 2.15 bits per heavy atom. The lowest BCUT2D eigenvalue weighted by Crippen LogP contribution is -2.44. The lowest BCUT2D eigenvalue weighted by atomic mass is 10.1.